The normalized spacial score (nSPS) is 11.3. The van der Waals surface area contributed by atoms with Gasteiger partial charge in [-0.3, -0.25) is 0 Å². The number of rotatable bonds is 44. The second-order valence-corrected chi connectivity index (χ2v) is 15.5. The Morgan fingerprint density at radius 1 is 0.283 bits per heavy atom. The fourth-order valence-corrected chi connectivity index (χ4v) is 6.50. The number of unbranched alkanes of at least 4 members (excludes halogenated alkanes) is 28. The third kappa shape index (κ3) is 52.6. The zero-order valence-electron chi connectivity index (χ0n) is 37.2. The van der Waals surface area contributed by atoms with Crippen molar-refractivity contribution in [3.63, 3.8) is 0 Å². The summed E-state index contributed by atoms with van der Waals surface area (Å²) in [6.45, 7) is 20.4. The van der Waals surface area contributed by atoms with Crippen molar-refractivity contribution in [2.75, 3.05) is 26.4 Å². The van der Waals surface area contributed by atoms with E-state index in [1.165, 1.54) is 205 Å². The van der Waals surface area contributed by atoms with Crippen LogP contribution in [0.3, 0.4) is 0 Å². The number of hydrogen-bond donors (Lipinski definition) is 0. The maximum Gasteiger partial charge on any atom is 2.00 e. The van der Waals surface area contributed by atoms with E-state index in [0.717, 1.165) is 52.1 Å². The predicted octanol–water partition coefficient (Wildman–Crippen LogP) is 16.1. The molecule has 0 rings (SSSR count). The van der Waals surface area contributed by atoms with Crippen LogP contribution in [0, 0.1) is 13.8 Å². The van der Waals surface area contributed by atoms with Crippen molar-refractivity contribution in [2.24, 2.45) is 0 Å². The maximum absolute atomic E-state index is 6.03. The topological polar surface area (TPSA) is 36.9 Å². The molecule has 53 heavy (non-hydrogen) atoms. The molecule has 0 aliphatic heterocycles. The summed E-state index contributed by atoms with van der Waals surface area (Å²) in [4.78, 5) is 0. The van der Waals surface area contributed by atoms with E-state index in [0.29, 0.717) is 0 Å². The molecule has 0 aliphatic carbocycles. The monoisotopic (exact) mass is 763 g/mol. The van der Waals surface area contributed by atoms with Crippen LogP contribution in [-0.2, 0) is 18.9 Å². The molecule has 0 bridgehead atoms. The first-order chi connectivity index (χ1) is 25.7. The molecular formula is C48H98MgO4. The Bertz CT molecular complexity index is 502. The average Bonchev–Trinajstić information content (AvgIpc) is 3.15. The minimum atomic E-state index is 0. The molecule has 0 radical (unpaired) electrons. The van der Waals surface area contributed by atoms with Gasteiger partial charge in [0.15, 0.2) is 12.6 Å². The van der Waals surface area contributed by atoms with Gasteiger partial charge in [0.2, 0.25) is 0 Å². The van der Waals surface area contributed by atoms with Crippen molar-refractivity contribution < 1.29 is 18.9 Å². The third-order valence-electron chi connectivity index (χ3n) is 10.1. The molecule has 0 aromatic rings. The average molecular weight is 764 g/mol. The van der Waals surface area contributed by atoms with Crippen molar-refractivity contribution in [3.05, 3.63) is 13.8 Å². The van der Waals surface area contributed by atoms with E-state index in [4.69, 9.17) is 18.9 Å². The summed E-state index contributed by atoms with van der Waals surface area (Å²) in [6, 6.07) is 0. The summed E-state index contributed by atoms with van der Waals surface area (Å²) in [5.41, 5.74) is 0. The van der Waals surface area contributed by atoms with Crippen molar-refractivity contribution >= 4 is 23.1 Å². The standard InChI is InChI=1S/2C24H49O2.Mg/c2*1-4-7-10-12-14-16-19-22-25-24(21-18-9-6-3)26-23-20-17-15-13-11-8-5-2;/h2*24H,3-23H2,1-2H3;/q2*-1;+2. The Kier molecular flexibility index (Phi) is 59.8. The zero-order chi connectivity index (χ0) is 38.3. The first-order valence-electron chi connectivity index (χ1n) is 23.7. The minimum Gasteiger partial charge on any atom is -0.353 e. The number of hydrogen-bond acceptors (Lipinski definition) is 4. The van der Waals surface area contributed by atoms with Crippen LogP contribution < -0.4 is 0 Å². The summed E-state index contributed by atoms with van der Waals surface area (Å²) < 4.78 is 24.1. The van der Waals surface area contributed by atoms with Crippen LogP contribution >= 0.6 is 0 Å². The third-order valence-corrected chi connectivity index (χ3v) is 10.1. The molecule has 316 valence electrons. The Balaban J connectivity index is -0.000000926. The quantitative estimate of drug-likeness (QED) is 0.0268. The second-order valence-electron chi connectivity index (χ2n) is 15.5. The Morgan fingerprint density at radius 2 is 0.491 bits per heavy atom. The zero-order valence-corrected chi connectivity index (χ0v) is 38.6. The fourth-order valence-electron chi connectivity index (χ4n) is 6.50. The van der Waals surface area contributed by atoms with Crippen LogP contribution in [-0.4, -0.2) is 62.1 Å². The Hall–Kier alpha value is 0.606. The molecule has 5 heteroatoms. The molecule has 0 unspecified atom stereocenters. The van der Waals surface area contributed by atoms with E-state index in [1.54, 1.807) is 0 Å². The SMILES string of the molecule is [CH2-]CCCCC(OCCCCCCCCC)OCCCCCCCCC.[CH2-]CCCCC(OCCCCCCCCC)OCCCCCCCCC.[Mg+2]. The number of ether oxygens (including phenoxy) is 4. The van der Waals surface area contributed by atoms with Gasteiger partial charge in [-0.1, -0.05) is 207 Å². The van der Waals surface area contributed by atoms with Crippen LogP contribution in [0.4, 0.5) is 0 Å². The van der Waals surface area contributed by atoms with Crippen molar-refractivity contribution in [1.82, 2.24) is 0 Å². The van der Waals surface area contributed by atoms with Gasteiger partial charge in [0.25, 0.3) is 0 Å². The smallest absolute Gasteiger partial charge is 0.353 e. The summed E-state index contributed by atoms with van der Waals surface area (Å²) in [5.74, 6) is 0. The van der Waals surface area contributed by atoms with E-state index in [9.17, 15) is 0 Å². The van der Waals surface area contributed by atoms with Gasteiger partial charge < -0.3 is 32.8 Å². The summed E-state index contributed by atoms with van der Waals surface area (Å²) >= 11 is 0. The van der Waals surface area contributed by atoms with Gasteiger partial charge in [0.05, 0.1) is 0 Å². The molecule has 0 fully saturated rings. The second kappa shape index (κ2) is 54.7. The van der Waals surface area contributed by atoms with Crippen LogP contribution in [0.2, 0.25) is 0 Å². The molecule has 0 spiro atoms. The van der Waals surface area contributed by atoms with Crippen LogP contribution in [0.1, 0.15) is 259 Å². The van der Waals surface area contributed by atoms with Crippen molar-refractivity contribution in [3.8, 4) is 0 Å². The molecule has 4 nitrogen and oxygen atoms in total. The molecule has 0 N–H and O–H groups in total. The van der Waals surface area contributed by atoms with Crippen molar-refractivity contribution in [1.29, 1.82) is 0 Å². The largest absolute Gasteiger partial charge is 2.00 e. The van der Waals surface area contributed by atoms with Gasteiger partial charge in [-0.15, -0.1) is 0 Å². The molecular weight excluding hydrogens is 665 g/mol. The van der Waals surface area contributed by atoms with Crippen LogP contribution in [0.25, 0.3) is 0 Å². The molecule has 0 atom stereocenters. The first-order valence-corrected chi connectivity index (χ1v) is 23.7. The van der Waals surface area contributed by atoms with E-state index in [2.05, 4.69) is 41.5 Å². The fraction of sp³-hybridized carbons (Fsp3) is 0.958. The van der Waals surface area contributed by atoms with Gasteiger partial charge in [0, 0.05) is 26.4 Å². The molecule has 0 aliphatic rings. The van der Waals surface area contributed by atoms with E-state index in [-0.39, 0.29) is 35.6 Å². The Morgan fingerprint density at radius 3 is 0.698 bits per heavy atom. The van der Waals surface area contributed by atoms with Crippen LogP contribution in [0.15, 0.2) is 0 Å². The summed E-state index contributed by atoms with van der Waals surface area (Å²) in [7, 11) is 0. The van der Waals surface area contributed by atoms with Gasteiger partial charge in [-0.25, -0.2) is 0 Å². The van der Waals surface area contributed by atoms with E-state index in [1.807, 2.05) is 0 Å². The maximum atomic E-state index is 6.03. The first kappa shape index (κ1) is 57.9. The minimum absolute atomic E-state index is 0. The molecule has 0 heterocycles. The van der Waals surface area contributed by atoms with E-state index >= 15 is 0 Å². The summed E-state index contributed by atoms with van der Waals surface area (Å²) in [5, 5.41) is 0. The molecule has 0 aromatic heterocycles. The molecule has 0 saturated carbocycles. The molecule has 0 saturated heterocycles. The molecule has 0 aromatic carbocycles. The van der Waals surface area contributed by atoms with Crippen LogP contribution in [0.5, 0.6) is 0 Å². The Labute approximate surface area is 352 Å². The van der Waals surface area contributed by atoms with Gasteiger partial charge in [-0.05, 0) is 38.5 Å². The summed E-state index contributed by atoms with van der Waals surface area (Å²) in [6.07, 6.45) is 46.1. The van der Waals surface area contributed by atoms with Gasteiger partial charge in [0.1, 0.15) is 0 Å². The van der Waals surface area contributed by atoms with Gasteiger partial charge >= 0.3 is 23.1 Å². The molecule has 0 amide bonds. The predicted molar refractivity (Wildman–Crippen MR) is 237 cm³/mol. The van der Waals surface area contributed by atoms with Crippen molar-refractivity contribution in [2.45, 2.75) is 271 Å². The van der Waals surface area contributed by atoms with E-state index < -0.39 is 0 Å². The van der Waals surface area contributed by atoms with Gasteiger partial charge in [-0.2, -0.15) is 12.8 Å².